The fourth-order valence-corrected chi connectivity index (χ4v) is 4.33. The van der Waals surface area contributed by atoms with E-state index in [9.17, 15) is 0 Å². The molecule has 1 saturated carbocycles. The first-order valence-electron chi connectivity index (χ1n) is 11.0. The molecule has 32 heavy (non-hydrogen) atoms. The van der Waals surface area contributed by atoms with Crippen molar-refractivity contribution in [3.05, 3.63) is 42.6 Å². The van der Waals surface area contributed by atoms with Crippen LogP contribution >= 0.6 is 0 Å². The van der Waals surface area contributed by atoms with Crippen LogP contribution in [0.1, 0.15) is 31.4 Å². The Bertz CT molecular complexity index is 1120. The first kappa shape index (κ1) is 20.4. The Labute approximate surface area is 186 Å². The van der Waals surface area contributed by atoms with Gasteiger partial charge in [-0.15, -0.1) is 0 Å². The average Bonchev–Trinajstić information content (AvgIpc) is 2.86. The molecule has 9 nitrogen and oxygen atoms in total. The van der Waals surface area contributed by atoms with Crippen LogP contribution in [0.2, 0.25) is 0 Å². The van der Waals surface area contributed by atoms with Crippen molar-refractivity contribution in [2.24, 2.45) is 0 Å². The van der Waals surface area contributed by atoms with Crippen molar-refractivity contribution in [3.8, 4) is 11.8 Å². The summed E-state index contributed by atoms with van der Waals surface area (Å²) in [6, 6.07) is 8.21. The fraction of sp³-hybridized carbons (Fsp3) is 0.435. The number of hydrogen-bond acceptors (Lipinski definition) is 9. The molecule has 5 rings (SSSR count). The highest BCUT2D eigenvalue weighted by Gasteiger charge is 2.24. The Balaban J connectivity index is 1.27. The smallest absolute Gasteiger partial charge is 0.149 e. The van der Waals surface area contributed by atoms with E-state index in [0.717, 1.165) is 74.5 Å². The SMILES string of the molecule is N#Cc1cc(N[C@H]2CC[C@@H](Oc3cc(N4CCOCC4)cc4nccnc34)CC2)ncn1. The van der Waals surface area contributed by atoms with Crippen LogP contribution in [0.5, 0.6) is 5.75 Å². The first-order chi connectivity index (χ1) is 15.8. The second-order valence-electron chi connectivity index (χ2n) is 8.10. The summed E-state index contributed by atoms with van der Waals surface area (Å²) in [5.41, 5.74) is 3.12. The number of rotatable bonds is 5. The summed E-state index contributed by atoms with van der Waals surface area (Å²) < 4.78 is 12.0. The average molecular weight is 432 g/mol. The van der Waals surface area contributed by atoms with Crippen molar-refractivity contribution in [3.63, 3.8) is 0 Å². The molecule has 0 amide bonds. The predicted octanol–water partition coefficient (Wildman–Crippen LogP) is 2.93. The minimum Gasteiger partial charge on any atom is -0.488 e. The molecule has 164 valence electrons. The van der Waals surface area contributed by atoms with Crippen molar-refractivity contribution >= 4 is 22.5 Å². The molecule has 3 aromatic rings. The summed E-state index contributed by atoms with van der Waals surface area (Å²) in [6.45, 7) is 3.18. The summed E-state index contributed by atoms with van der Waals surface area (Å²) in [5, 5.41) is 12.4. The number of hydrogen-bond donors (Lipinski definition) is 1. The largest absolute Gasteiger partial charge is 0.488 e. The monoisotopic (exact) mass is 431 g/mol. The lowest BCUT2D eigenvalue weighted by atomic mass is 9.93. The Kier molecular flexibility index (Phi) is 5.94. The van der Waals surface area contributed by atoms with Crippen LogP contribution in [0.3, 0.4) is 0 Å². The van der Waals surface area contributed by atoms with Gasteiger partial charge in [-0.1, -0.05) is 0 Å². The lowest BCUT2D eigenvalue weighted by Gasteiger charge is -2.31. The van der Waals surface area contributed by atoms with Gasteiger partial charge < -0.3 is 19.7 Å². The van der Waals surface area contributed by atoms with E-state index in [0.29, 0.717) is 17.6 Å². The van der Waals surface area contributed by atoms with Crippen molar-refractivity contribution in [1.29, 1.82) is 5.26 Å². The van der Waals surface area contributed by atoms with Crippen LogP contribution in [0.25, 0.3) is 11.0 Å². The summed E-state index contributed by atoms with van der Waals surface area (Å²) in [7, 11) is 0. The van der Waals surface area contributed by atoms with E-state index in [1.807, 2.05) is 6.07 Å². The normalized spacial score (nSPS) is 21.2. The Morgan fingerprint density at radius 3 is 2.62 bits per heavy atom. The van der Waals surface area contributed by atoms with Crippen molar-refractivity contribution in [1.82, 2.24) is 19.9 Å². The molecule has 1 saturated heterocycles. The molecular formula is C23H25N7O2. The molecule has 0 unspecified atom stereocenters. The van der Waals surface area contributed by atoms with Gasteiger partial charge >= 0.3 is 0 Å². The van der Waals surface area contributed by atoms with Gasteiger partial charge in [0, 0.05) is 49.3 Å². The van der Waals surface area contributed by atoms with E-state index in [1.54, 1.807) is 18.5 Å². The molecule has 1 N–H and O–H groups in total. The summed E-state index contributed by atoms with van der Waals surface area (Å²) in [4.78, 5) is 19.5. The van der Waals surface area contributed by atoms with Crippen LogP contribution in [0.15, 0.2) is 36.9 Å². The zero-order valence-electron chi connectivity index (χ0n) is 17.8. The number of aromatic nitrogens is 4. The van der Waals surface area contributed by atoms with Crippen molar-refractivity contribution < 1.29 is 9.47 Å². The number of benzene rings is 1. The molecule has 9 heteroatoms. The molecule has 1 aromatic carbocycles. The molecule has 1 aliphatic heterocycles. The van der Waals surface area contributed by atoms with Gasteiger partial charge in [-0.2, -0.15) is 5.26 Å². The molecule has 0 radical (unpaired) electrons. The lowest BCUT2D eigenvalue weighted by Crippen LogP contribution is -2.36. The van der Waals surface area contributed by atoms with Gasteiger partial charge in [0.2, 0.25) is 0 Å². The zero-order valence-corrected chi connectivity index (χ0v) is 17.8. The summed E-state index contributed by atoms with van der Waals surface area (Å²) in [5.74, 6) is 1.49. The van der Waals surface area contributed by atoms with E-state index in [4.69, 9.17) is 14.7 Å². The van der Waals surface area contributed by atoms with E-state index in [2.05, 4.69) is 42.3 Å². The fourth-order valence-electron chi connectivity index (χ4n) is 4.33. The standard InChI is InChI=1S/C23H25N7O2/c24-14-17-11-22(28-15-27-17)29-16-1-3-19(4-2-16)32-21-13-18(30-7-9-31-10-8-30)12-20-23(21)26-6-5-25-20/h5-6,11-13,15-16,19H,1-4,7-10H2,(H,27,28,29)/t16-,19+. The molecule has 2 aromatic heterocycles. The molecule has 0 spiro atoms. The number of anilines is 2. The second kappa shape index (κ2) is 9.32. The second-order valence-corrected chi connectivity index (χ2v) is 8.10. The maximum atomic E-state index is 9.02. The highest BCUT2D eigenvalue weighted by atomic mass is 16.5. The van der Waals surface area contributed by atoms with Gasteiger partial charge in [0.15, 0.2) is 0 Å². The van der Waals surface area contributed by atoms with Gasteiger partial charge in [-0.05, 0) is 31.7 Å². The van der Waals surface area contributed by atoms with E-state index < -0.39 is 0 Å². The third kappa shape index (κ3) is 4.55. The minimum absolute atomic E-state index is 0.123. The lowest BCUT2D eigenvalue weighted by molar-refractivity contribution is 0.122. The molecule has 2 fully saturated rings. The van der Waals surface area contributed by atoms with Crippen LogP contribution in [-0.2, 0) is 4.74 Å². The third-order valence-corrected chi connectivity index (χ3v) is 6.00. The highest BCUT2D eigenvalue weighted by molar-refractivity contribution is 5.85. The molecule has 0 atom stereocenters. The number of morpholine rings is 1. The maximum Gasteiger partial charge on any atom is 0.149 e. The molecule has 3 heterocycles. The number of fused-ring (bicyclic) bond motifs is 1. The number of nitrogens with zero attached hydrogens (tertiary/aromatic N) is 6. The van der Waals surface area contributed by atoms with Gasteiger partial charge in [-0.3, -0.25) is 4.98 Å². The Morgan fingerprint density at radius 2 is 1.81 bits per heavy atom. The van der Waals surface area contributed by atoms with Crippen LogP contribution in [-0.4, -0.2) is 58.4 Å². The van der Waals surface area contributed by atoms with E-state index in [1.165, 1.54) is 6.33 Å². The van der Waals surface area contributed by atoms with Crippen LogP contribution < -0.4 is 15.0 Å². The van der Waals surface area contributed by atoms with Crippen LogP contribution in [0.4, 0.5) is 11.5 Å². The summed E-state index contributed by atoms with van der Waals surface area (Å²) >= 11 is 0. The number of nitriles is 1. The number of nitrogens with one attached hydrogen (secondary N) is 1. The molecule has 2 aliphatic rings. The predicted molar refractivity (Wildman–Crippen MR) is 120 cm³/mol. The molecule has 1 aliphatic carbocycles. The highest BCUT2D eigenvalue weighted by Crippen LogP contribution is 2.33. The van der Waals surface area contributed by atoms with E-state index in [-0.39, 0.29) is 6.10 Å². The third-order valence-electron chi connectivity index (χ3n) is 6.00. The quantitative estimate of drug-likeness (QED) is 0.652. The van der Waals surface area contributed by atoms with Gasteiger partial charge in [-0.25, -0.2) is 15.0 Å². The molecular weight excluding hydrogens is 406 g/mol. The van der Waals surface area contributed by atoms with Crippen molar-refractivity contribution in [2.75, 3.05) is 36.5 Å². The maximum absolute atomic E-state index is 9.02. The summed E-state index contributed by atoms with van der Waals surface area (Å²) in [6.07, 6.45) is 8.75. The van der Waals surface area contributed by atoms with Gasteiger partial charge in [0.1, 0.15) is 35.2 Å². The van der Waals surface area contributed by atoms with Crippen molar-refractivity contribution in [2.45, 2.75) is 37.8 Å². The topological polar surface area (TPSA) is 109 Å². The first-order valence-corrected chi connectivity index (χ1v) is 11.0. The molecule has 0 bridgehead atoms. The zero-order chi connectivity index (χ0) is 21.8. The number of ether oxygens (including phenoxy) is 2. The van der Waals surface area contributed by atoms with Gasteiger partial charge in [0.25, 0.3) is 0 Å². The minimum atomic E-state index is 0.123. The van der Waals surface area contributed by atoms with Crippen LogP contribution in [0, 0.1) is 11.3 Å². The van der Waals surface area contributed by atoms with E-state index >= 15 is 0 Å². The van der Waals surface area contributed by atoms with Gasteiger partial charge in [0.05, 0.1) is 24.8 Å². The Morgan fingerprint density at radius 1 is 1.00 bits per heavy atom. The Hall–Kier alpha value is -3.51.